The molecule has 3 saturated heterocycles. The molecule has 43 heavy (non-hydrogen) atoms. The van der Waals surface area contributed by atoms with E-state index in [1.807, 2.05) is 0 Å². The van der Waals surface area contributed by atoms with Crippen LogP contribution in [0.1, 0.15) is 72.6 Å². The second-order valence-electron chi connectivity index (χ2n) is 15.9. The molecule has 0 amide bonds. The predicted octanol–water partition coefficient (Wildman–Crippen LogP) is 0.284. The van der Waals surface area contributed by atoms with Crippen molar-refractivity contribution < 1.29 is 54.7 Å². The van der Waals surface area contributed by atoms with E-state index in [-0.39, 0.29) is 42.3 Å². The van der Waals surface area contributed by atoms with Gasteiger partial charge in [0, 0.05) is 17.8 Å². The minimum absolute atomic E-state index is 0.0116. The zero-order valence-electron chi connectivity index (χ0n) is 25.8. The third-order valence-electron chi connectivity index (χ3n) is 14.1. The lowest BCUT2D eigenvalue weighted by Crippen LogP contribution is -2.78. The van der Waals surface area contributed by atoms with Gasteiger partial charge < -0.3 is 54.7 Å². The molecule has 7 rings (SSSR count). The molecule has 7 aliphatic rings. The van der Waals surface area contributed by atoms with E-state index in [1.54, 1.807) is 6.92 Å². The lowest BCUT2D eigenvalue weighted by Gasteiger charge is -2.67. The highest BCUT2D eigenvalue weighted by Gasteiger charge is 2.75. The number of aliphatic hydroxyl groups is 7. The summed E-state index contributed by atoms with van der Waals surface area (Å²) in [5.74, 6) is 0.958. The fraction of sp³-hybridized carbons (Fsp3) is 1.00. The fourth-order valence-electron chi connectivity index (χ4n) is 11.6. The van der Waals surface area contributed by atoms with Crippen LogP contribution in [0.25, 0.3) is 0 Å². The summed E-state index contributed by atoms with van der Waals surface area (Å²) >= 11 is 0. The molecule has 11 heteroatoms. The van der Waals surface area contributed by atoms with Gasteiger partial charge in [-0.05, 0) is 73.5 Å². The second-order valence-corrected chi connectivity index (χ2v) is 15.9. The highest BCUT2D eigenvalue weighted by molar-refractivity contribution is 5.23. The van der Waals surface area contributed by atoms with Gasteiger partial charge in [0.2, 0.25) is 0 Å². The van der Waals surface area contributed by atoms with E-state index < -0.39 is 65.8 Å². The fourth-order valence-corrected chi connectivity index (χ4v) is 11.6. The van der Waals surface area contributed by atoms with Gasteiger partial charge in [0.15, 0.2) is 12.1 Å². The monoisotopic (exact) mass is 612 g/mol. The van der Waals surface area contributed by atoms with Crippen LogP contribution in [0.15, 0.2) is 0 Å². The third-order valence-corrected chi connectivity index (χ3v) is 14.1. The van der Waals surface area contributed by atoms with E-state index in [0.29, 0.717) is 24.2 Å². The van der Waals surface area contributed by atoms with Gasteiger partial charge in [-0.15, -0.1) is 0 Å². The summed E-state index contributed by atoms with van der Waals surface area (Å²) in [4.78, 5) is 0. The molecule has 246 valence electrons. The molecule has 0 aromatic heterocycles. The van der Waals surface area contributed by atoms with Gasteiger partial charge in [-0.25, -0.2) is 0 Å². The first-order chi connectivity index (χ1) is 20.2. The van der Waals surface area contributed by atoms with Crippen LogP contribution in [-0.4, -0.2) is 115 Å². The molecule has 19 unspecified atom stereocenters. The summed E-state index contributed by atoms with van der Waals surface area (Å²) < 4.78 is 24.8. The van der Waals surface area contributed by atoms with Crippen LogP contribution in [0.4, 0.5) is 0 Å². The van der Waals surface area contributed by atoms with Gasteiger partial charge in [0.05, 0.1) is 25.4 Å². The Morgan fingerprint density at radius 1 is 0.791 bits per heavy atom. The zero-order chi connectivity index (χ0) is 30.9. The molecule has 0 radical (unpaired) electrons. The topological polar surface area (TPSA) is 179 Å². The van der Waals surface area contributed by atoms with E-state index >= 15 is 0 Å². The molecule has 7 fully saturated rings. The minimum atomic E-state index is -1.75. The van der Waals surface area contributed by atoms with Crippen molar-refractivity contribution in [2.75, 3.05) is 13.2 Å². The number of hydrogen-bond donors (Lipinski definition) is 7. The first kappa shape index (κ1) is 31.2. The lowest BCUT2D eigenvalue weighted by molar-refractivity contribution is -0.369. The number of aliphatic hydroxyl groups excluding tert-OH is 6. The molecule has 3 heterocycles. The maximum absolute atomic E-state index is 12.5. The lowest BCUT2D eigenvalue weighted by atomic mass is 9.41. The van der Waals surface area contributed by atoms with Gasteiger partial charge in [-0.3, -0.25) is 0 Å². The Kier molecular flexibility index (Phi) is 7.45. The van der Waals surface area contributed by atoms with Gasteiger partial charge in [-0.1, -0.05) is 27.7 Å². The Hall–Kier alpha value is -0.440. The molecule has 4 saturated carbocycles. The third kappa shape index (κ3) is 4.06. The van der Waals surface area contributed by atoms with E-state index in [2.05, 4.69) is 20.8 Å². The Bertz CT molecular complexity index is 1070. The molecule has 0 aromatic carbocycles. The van der Waals surface area contributed by atoms with Crippen LogP contribution in [0.3, 0.4) is 0 Å². The summed E-state index contributed by atoms with van der Waals surface area (Å²) in [7, 11) is 0. The van der Waals surface area contributed by atoms with Crippen molar-refractivity contribution in [2.24, 2.45) is 46.3 Å². The van der Waals surface area contributed by atoms with E-state index in [1.165, 1.54) is 0 Å². The largest absolute Gasteiger partial charge is 0.390 e. The SMILES string of the molecule is CC1CCC2(OC1)OC1CC3C4CCC5(O)C(OC6OCC(O)C(O)C6O)C(O)C(O)C(O)C5(C)C4CCC3(C)C1C2C. The minimum Gasteiger partial charge on any atom is -0.390 e. The number of hydrogen-bond acceptors (Lipinski definition) is 11. The second kappa shape index (κ2) is 10.3. The van der Waals surface area contributed by atoms with Crippen LogP contribution < -0.4 is 0 Å². The van der Waals surface area contributed by atoms with Gasteiger partial charge in [-0.2, -0.15) is 0 Å². The molecule has 19 atom stereocenters. The maximum Gasteiger partial charge on any atom is 0.186 e. The first-order valence-corrected chi connectivity index (χ1v) is 16.6. The van der Waals surface area contributed by atoms with Crippen LogP contribution in [0.2, 0.25) is 0 Å². The van der Waals surface area contributed by atoms with Crippen LogP contribution in [0.5, 0.6) is 0 Å². The normalized spacial score (nSPS) is 63.3. The summed E-state index contributed by atoms with van der Waals surface area (Å²) in [6.45, 7) is 9.15. The van der Waals surface area contributed by atoms with E-state index in [4.69, 9.17) is 18.9 Å². The molecule has 0 aromatic rings. The summed E-state index contributed by atoms with van der Waals surface area (Å²) in [6, 6.07) is 0. The summed E-state index contributed by atoms with van der Waals surface area (Å²) in [5.41, 5.74) is -2.97. The van der Waals surface area contributed by atoms with Crippen molar-refractivity contribution in [1.29, 1.82) is 0 Å². The smallest absolute Gasteiger partial charge is 0.186 e. The Balaban J connectivity index is 1.16. The zero-order valence-corrected chi connectivity index (χ0v) is 25.8. The quantitative estimate of drug-likeness (QED) is 0.228. The Labute approximate surface area is 253 Å². The van der Waals surface area contributed by atoms with Gasteiger partial charge in [0.1, 0.15) is 42.2 Å². The van der Waals surface area contributed by atoms with Crippen molar-refractivity contribution >= 4 is 0 Å². The van der Waals surface area contributed by atoms with Crippen molar-refractivity contribution in [3.8, 4) is 0 Å². The summed E-state index contributed by atoms with van der Waals surface area (Å²) in [6.07, 6.45) is -6.48. The molecular formula is C32H52O11. The van der Waals surface area contributed by atoms with Crippen LogP contribution in [-0.2, 0) is 18.9 Å². The molecule has 1 spiro atoms. The highest BCUT2D eigenvalue weighted by Crippen LogP contribution is 2.72. The number of rotatable bonds is 2. The average Bonchev–Trinajstić information content (AvgIpc) is 3.42. The van der Waals surface area contributed by atoms with E-state index in [9.17, 15) is 35.7 Å². The number of ether oxygens (including phenoxy) is 4. The number of fused-ring (bicyclic) bond motifs is 7. The molecule has 3 aliphatic heterocycles. The predicted molar refractivity (Wildman–Crippen MR) is 150 cm³/mol. The molecule has 0 bridgehead atoms. The molecule has 7 N–H and O–H groups in total. The standard InChI is InChI=1S/C32H52O11/c1-14-5-10-32(41-12-14)15(2)21-20(43-32)11-18-16-6-9-31(39)27(42-28-25(37)22(34)19(33)13-40-28)24(36)23(35)26(38)30(31,4)17(16)7-8-29(18,21)3/h14-28,33-39H,5-13H2,1-4H3. The Morgan fingerprint density at radius 2 is 1.53 bits per heavy atom. The van der Waals surface area contributed by atoms with Gasteiger partial charge >= 0.3 is 0 Å². The molecule has 11 nitrogen and oxygen atoms in total. The van der Waals surface area contributed by atoms with Gasteiger partial charge in [0.25, 0.3) is 0 Å². The van der Waals surface area contributed by atoms with Crippen molar-refractivity contribution in [2.45, 2.75) is 139 Å². The van der Waals surface area contributed by atoms with E-state index in [0.717, 1.165) is 38.7 Å². The van der Waals surface area contributed by atoms with Crippen molar-refractivity contribution in [3.63, 3.8) is 0 Å². The van der Waals surface area contributed by atoms with Crippen LogP contribution in [0, 0.1) is 46.3 Å². The first-order valence-electron chi connectivity index (χ1n) is 16.6. The molecular weight excluding hydrogens is 560 g/mol. The maximum atomic E-state index is 12.5. The van der Waals surface area contributed by atoms with Crippen molar-refractivity contribution in [3.05, 3.63) is 0 Å². The van der Waals surface area contributed by atoms with Crippen LogP contribution >= 0.6 is 0 Å². The highest BCUT2D eigenvalue weighted by atomic mass is 16.7. The Morgan fingerprint density at radius 3 is 2.23 bits per heavy atom. The summed E-state index contributed by atoms with van der Waals surface area (Å²) in [5, 5.41) is 77.1. The van der Waals surface area contributed by atoms with Crippen molar-refractivity contribution in [1.82, 2.24) is 0 Å². The average molecular weight is 613 g/mol. The molecule has 4 aliphatic carbocycles.